The fraction of sp³-hybridized carbons (Fsp3) is 0.692. The van der Waals surface area contributed by atoms with Gasteiger partial charge in [0, 0.05) is 6.42 Å². The van der Waals surface area contributed by atoms with Gasteiger partial charge in [-0.25, -0.2) is 4.79 Å². The van der Waals surface area contributed by atoms with Crippen LogP contribution in [0, 0.1) is 11.3 Å². The van der Waals surface area contributed by atoms with E-state index in [4.69, 9.17) is 4.74 Å². The predicted molar refractivity (Wildman–Crippen MR) is 59.8 cm³/mol. The minimum Gasteiger partial charge on any atom is -0.465 e. The smallest absolute Gasteiger partial charge is 0.341 e. The Bertz CT molecular complexity index is 381. The van der Waals surface area contributed by atoms with Gasteiger partial charge in [-0.3, -0.25) is 4.79 Å². The van der Waals surface area contributed by atoms with Crippen LogP contribution in [-0.4, -0.2) is 18.9 Å². The fourth-order valence-corrected chi connectivity index (χ4v) is 3.11. The molecule has 2 aliphatic rings. The molecule has 2 aliphatic carbocycles. The van der Waals surface area contributed by atoms with Gasteiger partial charge in [0.2, 0.25) is 0 Å². The third kappa shape index (κ3) is 1.41. The molecular formula is C13H18O3. The van der Waals surface area contributed by atoms with Gasteiger partial charge >= 0.3 is 5.97 Å². The van der Waals surface area contributed by atoms with Crippen molar-refractivity contribution in [3.63, 3.8) is 0 Å². The molecule has 3 heteroatoms. The highest BCUT2D eigenvalue weighted by Gasteiger charge is 2.48. The molecule has 2 atom stereocenters. The number of rotatable bonds is 1. The van der Waals surface area contributed by atoms with Crippen LogP contribution in [0.4, 0.5) is 0 Å². The van der Waals surface area contributed by atoms with Gasteiger partial charge in [0.1, 0.15) is 5.57 Å². The molecule has 1 fully saturated rings. The molecule has 1 saturated carbocycles. The minimum atomic E-state index is -0.446. The van der Waals surface area contributed by atoms with Gasteiger partial charge in [0.25, 0.3) is 0 Å². The second kappa shape index (κ2) is 3.72. The summed E-state index contributed by atoms with van der Waals surface area (Å²) in [4.78, 5) is 23.6. The highest BCUT2D eigenvalue weighted by atomic mass is 16.5. The van der Waals surface area contributed by atoms with E-state index in [9.17, 15) is 9.59 Å². The Kier molecular flexibility index (Phi) is 2.64. The number of carbonyl (C=O) groups is 2. The standard InChI is InChI=1S/C13H18O3/c1-8-5-4-6-9-11(12(15)16-3)10(14)7-13(8,9)2/h8H,4-7H2,1-3H3/t8?,13-/m1/s1. The van der Waals surface area contributed by atoms with E-state index >= 15 is 0 Å². The molecule has 0 bridgehead atoms. The maximum absolute atomic E-state index is 11.9. The Morgan fingerprint density at radius 1 is 1.50 bits per heavy atom. The van der Waals surface area contributed by atoms with Crippen LogP contribution in [0.15, 0.2) is 11.1 Å². The monoisotopic (exact) mass is 222 g/mol. The lowest BCUT2D eigenvalue weighted by Gasteiger charge is -2.38. The molecule has 1 unspecified atom stereocenters. The summed E-state index contributed by atoms with van der Waals surface area (Å²) in [6.45, 7) is 4.28. The number of ether oxygens (including phenoxy) is 1. The summed E-state index contributed by atoms with van der Waals surface area (Å²) >= 11 is 0. The quantitative estimate of drug-likeness (QED) is 0.505. The molecule has 0 heterocycles. The summed E-state index contributed by atoms with van der Waals surface area (Å²) in [6, 6.07) is 0. The number of hydrogen-bond donors (Lipinski definition) is 0. The van der Waals surface area contributed by atoms with Crippen molar-refractivity contribution in [1.29, 1.82) is 0 Å². The van der Waals surface area contributed by atoms with Crippen molar-refractivity contribution in [2.45, 2.75) is 39.5 Å². The van der Waals surface area contributed by atoms with Crippen LogP contribution < -0.4 is 0 Å². The van der Waals surface area contributed by atoms with Crippen molar-refractivity contribution < 1.29 is 14.3 Å². The number of esters is 1. The third-order valence-corrected chi connectivity index (χ3v) is 4.34. The van der Waals surface area contributed by atoms with E-state index in [1.807, 2.05) is 0 Å². The molecule has 0 aromatic carbocycles. The second-order valence-corrected chi connectivity index (χ2v) is 5.16. The molecule has 0 aromatic heterocycles. The summed E-state index contributed by atoms with van der Waals surface area (Å²) in [6.07, 6.45) is 3.56. The molecule has 3 nitrogen and oxygen atoms in total. The zero-order chi connectivity index (χ0) is 11.9. The molecule has 0 N–H and O–H groups in total. The number of fused-ring (bicyclic) bond motifs is 1. The SMILES string of the molecule is COC(=O)C1=C2CCCC(C)[C@@]2(C)CC1=O. The highest BCUT2D eigenvalue weighted by Crippen LogP contribution is 2.53. The summed E-state index contributed by atoms with van der Waals surface area (Å²) in [5.74, 6) is -0.00159. The average Bonchev–Trinajstić information content (AvgIpc) is 2.51. The van der Waals surface area contributed by atoms with Crippen molar-refractivity contribution in [2.75, 3.05) is 7.11 Å². The molecule has 0 aromatic rings. The molecular weight excluding hydrogens is 204 g/mol. The third-order valence-electron chi connectivity index (χ3n) is 4.34. The van der Waals surface area contributed by atoms with E-state index in [1.54, 1.807) is 0 Å². The fourth-order valence-electron chi connectivity index (χ4n) is 3.11. The molecule has 88 valence electrons. The first-order valence-electron chi connectivity index (χ1n) is 5.86. The highest BCUT2D eigenvalue weighted by molar-refractivity contribution is 6.20. The van der Waals surface area contributed by atoms with Gasteiger partial charge < -0.3 is 4.74 Å². The van der Waals surface area contributed by atoms with Crippen LogP contribution in [0.25, 0.3) is 0 Å². The summed E-state index contributed by atoms with van der Waals surface area (Å²) in [7, 11) is 1.34. The van der Waals surface area contributed by atoms with Gasteiger partial charge in [-0.2, -0.15) is 0 Å². The first-order valence-corrected chi connectivity index (χ1v) is 5.86. The normalized spacial score (nSPS) is 33.9. The van der Waals surface area contributed by atoms with Crippen LogP contribution in [0.2, 0.25) is 0 Å². The molecule has 16 heavy (non-hydrogen) atoms. The van der Waals surface area contributed by atoms with Crippen LogP contribution in [-0.2, 0) is 14.3 Å². The van der Waals surface area contributed by atoms with E-state index in [2.05, 4.69) is 13.8 Å². The number of ketones is 1. The first-order chi connectivity index (χ1) is 7.50. The molecule has 0 radical (unpaired) electrons. The second-order valence-electron chi connectivity index (χ2n) is 5.16. The van der Waals surface area contributed by atoms with Crippen molar-refractivity contribution in [1.82, 2.24) is 0 Å². The zero-order valence-electron chi connectivity index (χ0n) is 10.1. The Balaban J connectivity index is 2.48. The summed E-state index contributed by atoms with van der Waals surface area (Å²) < 4.78 is 4.72. The Morgan fingerprint density at radius 3 is 2.81 bits per heavy atom. The lowest BCUT2D eigenvalue weighted by Crippen LogP contribution is -2.29. The maximum Gasteiger partial charge on any atom is 0.341 e. The van der Waals surface area contributed by atoms with E-state index in [0.29, 0.717) is 17.9 Å². The lowest BCUT2D eigenvalue weighted by molar-refractivity contribution is -0.137. The number of allylic oxidation sites excluding steroid dienone is 1. The van der Waals surface area contributed by atoms with E-state index in [1.165, 1.54) is 7.11 Å². The molecule has 0 aliphatic heterocycles. The number of hydrogen-bond acceptors (Lipinski definition) is 3. The van der Waals surface area contributed by atoms with Crippen LogP contribution in [0.1, 0.15) is 39.5 Å². The first kappa shape index (κ1) is 11.4. The van der Waals surface area contributed by atoms with Crippen LogP contribution >= 0.6 is 0 Å². The van der Waals surface area contributed by atoms with Crippen molar-refractivity contribution >= 4 is 11.8 Å². The van der Waals surface area contributed by atoms with Crippen molar-refractivity contribution in [3.05, 3.63) is 11.1 Å². The van der Waals surface area contributed by atoms with Gasteiger partial charge in [0.15, 0.2) is 5.78 Å². The average molecular weight is 222 g/mol. The van der Waals surface area contributed by atoms with E-state index < -0.39 is 5.97 Å². The van der Waals surface area contributed by atoms with Crippen molar-refractivity contribution in [2.24, 2.45) is 11.3 Å². The number of methoxy groups -OCH3 is 1. The van der Waals surface area contributed by atoms with Gasteiger partial charge in [0.05, 0.1) is 7.11 Å². The molecule has 0 spiro atoms. The predicted octanol–water partition coefficient (Wildman–Crippen LogP) is 2.26. The van der Waals surface area contributed by atoms with Gasteiger partial charge in [-0.15, -0.1) is 0 Å². The summed E-state index contributed by atoms with van der Waals surface area (Å²) in [5.41, 5.74) is 1.29. The summed E-state index contributed by atoms with van der Waals surface area (Å²) in [5, 5.41) is 0. The lowest BCUT2D eigenvalue weighted by atomic mass is 9.66. The molecule has 0 saturated heterocycles. The number of carbonyl (C=O) groups excluding carboxylic acids is 2. The van der Waals surface area contributed by atoms with E-state index in [-0.39, 0.29) is 11.2 Å². The Labute approximate surface area is 95.9 Å². The topological polar surface area (TPSA) is 43.4 Å². The van der Waals surface area contributed by atoms with Crippen molar-refractivity contribution in [3.8, 4) is 0 Å². The number of Topliss-reactive ketones (excluding diaryl/α,β-unsaturated/α-hetero) is 1. The Morgan fingerprint density at radius 2 is 2.19 bits per heavy atom. The largest absolute Gasteiger partial charge is 0.465 e. The maximum atomic E-state index is 11.9. The zero-order valence-corrected chi connectivity index (χ0v) is 10.1. The van der Waals surface area contributed by atoms with E-state index in [0.717, 1.165) is 24.8 Å². The molecule has 0 amide bonds. The minimum absolute atomic E-state index is 0.0295. The Hall–Kier alpha value is -1.12. The molecule has 2 rings (SSSR count). The van der Waals surface area contributed by atoms with Crippen LogP contribution in [0.3, 0.4) is 0 Å². The van der Waals surface area contributed by atoms with Crippen LogP contribution in [0.5, 0.6) is 0 Å². The van der Waals surface area contributed by atoms with Gasteiger partial charge in [-0.05, 0) is 36.2 Å². The van der Waals surface area contributed by atoms with Gasteiger partial charge in [-0.1, -0.05) is 13.8 Å².